The predicted molar refractivity (Wildman–Crippen MR) is 51.6 cm³/mol. The van der Waals surface area contributed by atoms with Gasteiger partial charge in [-0.15, -0.1) is 0 Å². The maximum atomic E-state index is 13.1. The Balaban J connectivity index is 3.10. The van der Waals surface area contributed by atoms with Gasteiger partial charge >= 0.3 is 0 Å². The fraction of sp³-hybridized carbons (Fsp3) is 0.100. The third kappa shape index (κ3) is 2.64. The van der Waals surface area contributed by atoms with Crippen LogP contribution in [-0.2, 0) is 4.79 Å². The molecule has 0 spiro atoms. The number of rotatable bonds is 1. The monoisotopic (exact) mass is 258 g/mol. The third-order valence-electron chi connectivity index (χ3n) is 1.41. The molecule has 4 heteroatoms. The second kappa shape index (κ2) is 4.87. The highest BCUT2D eigenvalue weighted by atomic mass is 79.9. The van der Waals surface area contributed by atoms with E-state index in [2.05, 4.69) is 27.8 Å². The molecule has 0 N–H and O–H groups in total. The summed E-state index contributed by atoms with van der Waals surface area (Å²) in [4.78, 5) is 9.92. The lowest BCUT2D eigenvalue weighted by molar-refractivity contribution is -0.107. The summed E-state index contributed by atoms with van der Waals surface area (Å²) in [6.45, 7) is 0. The first kappa shape index (κ1) is 10.9. The van der Waals surface area contributed by atoms with Gasteiger partial charge in [0.25, 0.3) is 0 Å². The fourth-order valence-corrected chi connectivity index (χ4v) is 1.24. The van der Waals surface area contributed by atoms with Gasteiger partial charge in [-0.1, -0.05) is 27.8 Å². The van der Waals surface area contributed by atoms with E-state index in [0.29, 0.717) is 10.8 Å². The minimum absolute atomic E-state index is 0.0328. The molecule has 0 saturated carbocycles. The van der Waals surface area contributed by atoms with Gasteiger partial charge in [0, 0.05) is 4.47 Å². The minimum Gasteiger partial charge on any atom is -0.302 e. The normalized spacial score (nSPS) is 9.07. The minimum atomic E-state index is -0.740. The predicted octanol–water partition coefficient (Wildman–Crippen LogP) is 2.67. The molecule has 0 atom stereocenters. The molecule has 0 aliphatic rings. The highest BCUT2D eigenvalue weighted by Gasteiger charge is 2.07. The van der Waals surface area contributed by atoms with Crippen molar-refractivity contribution in [3.05, 3.63) is 33.8 Å². The van der Waals surface area contributed by atoms with E-state index >= 15 is 0 Å². The van der Waals surface area contributed by atoms with Crippen molar-refractivity contribution in [3.8, 4) is 11.8 Å². The van der Waals surface area contributed by atoms with E-state index in [-0.39, 0.29) is 12.0 Å². The molecule has 0 saturated heterocycles. The van der Waals surface area contributed by atoms with Gasteiger partial charge in [-0.05, 0) is 12.1 Å². The Labute approximate surface area is 88.3 Å². The summed E-state index contributed by atoms with van der Waals surface area (Å²) in [7, 11) is 0. The summed E-state index contributed by atoms with van der Waals surface area (Å²) >= 11 is 2.94. The first-order valence-corrected chi connectivity index (χ1v) is 4.51. The van der Waals surface area contributed by atoms with Crippen LogP contribution >= 0.6 is 15.9 Å². The molecule has 0 aliphatic heterocycles. The van der Waals surface area contributed by atoms with E-state index < -0.39 is 11.6 Å². The highest BCUT2D eigenvalue weighted by molar-refractivity contribution is 9.10. The van der Waals surface area contributed by atoms with E-state index in [9.17, 15) is 13.6 Å². The van der Waals surface area contributed by atoms with Gasteiger partial charge in [-0.2, -0.15) is 0 Å². The molecule has 72 valence electrons. The second-order valence-corrected chi connectivity index (χ2v) is 3.33. The summed E-state index contributed by atoms with van der Waals surface area (Å²) in [5, 5.41) is 0. The summed E-state index contributed by atoms with van der Waals surface area (Å²) in [6, 6.07) is 2.24. The Morgan fingerprint density at radius 2 is 1.93 bits per heavy atom. The molecule has 1 nitrogen and oxygen atoms in total. The topological polar surface area (TPSA) is 17.1 Å². The van der Waals surface area contributed by atoms with Crippen LogP contribution in [0.5, 0.6) is 0 Å². The van der Waals surface area contributed by atoms with E-state index in [4.69, 9.17) is 0 Å². The molecule has 0 bridgehead atoms. The Hall–Kier alpha value is -1.21. The lowest BCUT2D eigenvalue weighted by Crippen LogP contribution is -1.90. The van der Waals surface area contributed by atoms with Crippen LogP contribution in [0.2, 0.25) is 0 Å². The zero-order valence-corrected chi connectivity index (χ0v) is 8.57. The van der Waals surface area contributed by atoms with Crippen LogP contribution in [0.25, 0.3) is 0 Å². The molecule has 0 radical (unpaired) electrons. The number of carbonyl (C=O) groups is 1. The van der Waals surface area contributed by atoms with Gasteiger partial charge < -0.3 is 4.79 Å². The Kier molecular flexibility index (Phi) is 3.78. The van der Waals surface area contributed by atoms with Crippen molar-refractivity contribution in [1.82, 2.24) is 0 Å². The van der Waals surface area contributed by atoms with Crippen molar-refractivity contribution in [2.24, 2.45) is 0 Å². The van der Waals surface area contributed by atoms with Gasteiger partial charge in [0.1, 0.15) is 17.9 Å². The van der Waals surface area contributed by atoms with Crippen molar-refractivity contribution >= 4 is 22.2 Å². The lowest BCUT2D eigenvalue weighted by Gasteiger charge is -1.97. The van der Waals surface area contributed by atoms with Crippen LogP contribution in [0.15, 0.2) is 16.6 Å². The largest absolute Gasteiger partial charge is 0.302 e. The quantitative estimate of drug-likeness (QED) is 0.559. The molecule has 0 aromatic heterocycles. The molecule has 0 aliphatic carbocycles. The number of aldehydes is 1. The van der Waals surface area contributed by atoms with E-state index in [1.54, 1.807) is 0 Å². The molecule has 14 heavy (non-hydrogen) atoms. The zero-order chi connectivity index (χ0) is 10.6. The molecular weight excluding hydrogens is 254 g/mol. The van der Waals surface area contributed by atoms with Crippen molar-refractivity contribution in [3.63, 3.8) is 0 Å². The van der Waals surface area contributed by atoms with Crippen LogP contribution < -0.4 is 0 Å². The van der Waals surface area contributed by atoms with E-state index in [1.165, 1.54) is 0 Å². The van der Waals surface area contributed by atoms with Crippen LogP contribution in [0, 0.1) is 23.5 Å². The second-order valence-electron chi connectivity index (χ2n) is 2.42. The van der Waals surface area contributed by atoms with E-state index in [0.717, 1.165) is 12.1 Å². The maximum Gasteiger partial charge on any atom is 0.142 e. The number of hydrogen-bond acceptors (Lipinski definition) is 1. The van der Waals surface area contributed by atoms with Crippen LogP contribution in [0.3, 0.4) is 0 Å². The first-order chi connectivity index (χ1) is 6.65. The number of benzene rings is 1. The number of hydrogen-bond donors (Lipinski definition) is 0. The summed E-state index contributed by atoms with van der Waals surface area (Å²) in [6.07, 6.45) is 0.538. The summed E-state index contributed by atoms with van der Waals surface area (Å²) in [5.41, 5.74) is -0.310. The van der Waals surface area contributed by atoms with Crippen molar-refractivity contribution in [1.29, 1.82) is 0 Å². The molecular formula is C10H5BrF2O. The van der Waals surface area contributed by atoms with Gasteiger partial charge in [-0.3, -0.25) is 0 Å². The number of carbonyl (C=O) groups excluding carboxylic acids is 1. The average Bonchev–Trinajstić information content (AvgIpc) is 2.09. The molecule has 1 aromatic rings. The van der Waals surface area contributed by atoms with Gasteiger partial charge in [0.15, 0.2) is 0 Å². The smallest absolute Gasteiger partial charge is 0.142 e. The standard InChI is InChI=1S/C10H5BrF2O/c11-7-5-9(12)8(10(13)6-7)3-1-2-4-14/h4-6H,2H2. The first-order valence-electron chi connectivity index (χ1n) is 3.72. The number of halogens is 3. The molecule has 0 unspecified atom stereocenters. The van der Waals surface area contributed by atoms with Crippen molar-refractivity contribution < 1.29 is 13.6 Å². The Morgan fingerprint density at radius 1 is 1.36 bits per heavy atom. The summed E-state index contributed by atoms with van der Waals surface area (Å²) < 4.78 is 26.5. The Bertz CT molecular complexity index is 395. The average molecular weight is 259 g/mol. The molecule has 0 amide bonds. The Morgan fingerprint density at radius 3 is 2.43 bits per heavy atom. The maximum absolute atomic E-state index is 13.1. The molecule has 0 fully saturated rings. The zero-order valence-electron chi connectivity index (χ0n) is 6.98. The van der Waals surface area contributed by atoms with Crippen molar-refractivity contribution in [2.75, 3.05) is 0 Å². The molecule has 1 aromatic carbocycles. The van der Waals surface area contributed by atoms with E-state index in [1.807, 2.05) is 0 Å². The van der Waals surface area contributed by atoms with Crippen LogP contribution in [-0.4, -0.2) is 6.29 Å². The van der Waals surface area contributed by atoms with Crippen molar-refractivity contribution in [2.45, 2.75) is 6.42 Å². The van der Waals surface area contributed by atoms with Crippen LogP contribution in [0.1, 0.15) is 12.0 Å². The third-order valence-corrected chi connectivity index (χ3v) is 1.86. The van der Waals surface area contributed by atoms with Gasteiger partial charge in [-0.25, -0.2) is 8.78 Å². The molecule has 1 rings (SSSR count). The fourth-order valence-electron chi connectivity index (χ4n) is 0.843. The highest BCUT2D eigenvalue weighted by Crippen LogP contribution is 2.18. The SMILES string of the molecule is O=CCC#Cc1c(F)cc(Br)cc1F. The summed E-state index contributed by atoms with van der Waals surface area (Å²) in [5.74, 6) is 3.12. The molecule has 0 heterocycles. The van der Waals surface area contributed by atoms with Crippen LogP contribution in [0.4, 0.5) is 8.78 Å². The van der Waals surface area contributed by atoms with Gasteiger partial charge in [0.2, 0.25) is 0 Å². The lowest BCUT2D eigenvalue weighted by atomic mass is 10.2. The van der Waals surface area contributed by atoms with Gasteiger partial charge in [0.05, 0.1) is 12.0 Å².